The van der Waals surface area contributed by atoms with Crippen LogP contribution in [0.3, 0.4) is 0 Å². The smallest absolute Gasteiger partial charge is 0.267 e. The van der Waals surface area contributed by atoms with E-state index in [9.17, 15) is 4.79 Å². The largest absolute Gasteiger partial charge is 0.382 e. The van der Waals surface area contributed by atoms with Crippen molar-refractivity contribution in [1.82, 2.24) is 9.88 Å². The quantitative estimate of drug-likeness (QED) is 0.652. The minimum Gasteiger partial charge on any atom is -0.382 e. The maximum absolute atomic E-state index is 12.2. The van der Waals surface area contributed by atoms with Crippen LogP contribution in [-0.2, 0) is 9.47 Å². The first-order valence-electron chi connectivity index (χ1n) is 7.28. The molecule has 0 unspecified atom stereocenters. The molecule has 0 spiro atoms. The predicted octanol–water partition coefficient (Wildman–Crippen LogP) is 3.00. The molecule has 0 saturated carbocycles. The highest BCUT2D eigenvalue weighted by atomic mass is 79.9. The summed E-state index contributed by atoms with van der Waals surface area (Å²) in [6.07, 6.45) is 3.77. The van der Waals surface area contributed by atoms with Gasteiger partial charge in [-0.2, -0.15) is 0 Å². The van der Waals surface area contributed by atoms with Gasteiger partial charge in [0.1, 0.15) is 5.69 Å². The number of carbonyl (C=O) groups is 1. The molecule has 1 N–H and O–H groups in total. The van der Waals surface area contributed by atoms with E-state index < -0.39 is 0 Å². The number of amides is 1. The molecular formula is C15H25BrN2O3. The van der Waals surface area contributed by atoms with Crippen LogP contribution in [-0.4, -0.2) is 43.9 Å². The monoisotopic (exact) mass is 360 g/mol. The molecule has 0 saturated heterocycles. The normalized spacial score (nSPS) is 11.1. The summed E-state index contributed by atoms with van der Waals surface area (Å²) in [6.45, 7) is 6.72. The lowest BCUT2D eigenvalue weighted by molar-refractivity contribution is 0.0686. The van der Waals surface area contributed by atoms with Crippen LogP contribution in [0.4, 0.5) is 0 Å². The summed E-state index contributed by atoms with van der Waals surface area (Å²) in [7, 11) is 1.66. The average Bonchev–Trinajstić information content (AvgIpc) is 2.84. The van der Waals surface area contributed by atoms with Gasteiger partial charge >= 0.3 is 0 Å². The van der Waals surface area contributed by atoms with Gasteiger partial charge in [0.25, 0.3) is 5.91 Å². The second-order valence-corrected chi connectivity index (χ2v) is 6.03. The van der Waals surface area contributed by atoms with Crippen molar-refractivity contribution in [2.24, 2.45) is 0 Å². The predicted molar refractivity (Wildman–Crippen MR) is 86.8 cm³/mol. The number of nitrogens with one attached hydrogen (secondary N) is 1. The topological polar surface area (TPSA) is 52.5 Å². The first-order valence-corrected chi connectivity index (χ1v) is 8.07. The van der Waals surface area contributed by atoms with Gasteiger partial charge in [-0.05, 0) is 48.7 Å². The Balaban J connectivity index is 2.25. The van der Waals surface area contributed by atoms with Gasteiger partial charge in [-0.3, -0.25) is 4.79 Å². The third-order valence-electron chi connectivity index (χ3n) is 3.04. The van der Waals surface area contributed by atoms with Crippen molar-refractivity contribution in [2.45, 2.75) is 32.7 Å². The molecule has 0 aliphatic carbocycles. The Kier molecular flexibility index (Phi) is 8.64. The van der Waals surface area contributed by atoms with Crippen LogP contribution in [0.15, 0.2) is 16.7 Å². The third kappa shape index (κ3) is 6.63. The summed E-state index contributed by atoms with van der Waals surface area (Å²) in [4.78, 5) is 12.2. The van der Waals surface area contributed by atoms with Crippen molar-refractivity contribution in [3.05, 3.63) is 22.4 Å². The molecule has 1 aromatic rings. The summed E-state index contributed by atoms with van der Waals surface area (Å²) in [5.41, 5.74) is 0.688. The maximum atomic E-state index is 12.2. The summed E-state index contributed by atoms with van der Waals surface area (Å²) >= 11 is 3.41. The van der Waals surface area contributed by atoms with Gasteiger partial charge in [0, 0.05) is 37.0 Å². The molecule has 1 aromatic heterocycles. The van der Waals surface area contributed by atoms with E-state index in [0.717, 1.165) is 17.3 Å². The number of hydrogen-bond donors (Lipinski definition) is 1. The second-order valence-electron chi connectivity index (χ2n) is 5.11. The summed E-state index contributed by atoms with van der Waals surface area (Å²) in [5.74, 6) is -0.0327. The first kappa shape index (κ1) is 18.2. The number of unbranched alkanes of at least 4 members (excludes halogenated alkanes) is 1. The van der Waals surface area contributed by atoms with Crippen LogP contribution in [0.5, 0.6) is 0 Å². The minimum absolute atomic E-state index is 0.0327. The number of nitrogens with zero attached hydrogens (tertiary/aromatic N) is 1. The molecule has 21 heavy (non-hydrogen) atoms. The molecular weight excluding hydrogens is 336 g/mol. The number of hydrogen-bond acceptors (Lipinski definition) is 3. The average molecular weight is 361 g/mol. The first-order chi connectivity index (χ1) is 10.1. The van der Waals surface area contributed by atoms with E-state index in [0.29, 0.717) is 32.1 Å². The highest BCUT2D eigenvalue weighted by molar-refractivity contribution is 9.10. The maximum Gasteiger partial charge on any atom is 0.267 e. The van der Waals surface area contributed by atoms with Gasteiger partial charge < -0.3 is 19.4 Å². The zero-order chi connectivity index (χ0) is 15.7. The van der Waals surface area contributed by atoms with Gasteiger partial charge in [0.2, 0.25) is 0 Å². The molecule has 0 aliphatic heterocycles. The fourth-order valence-corrected chi connectivity index (χ4v) is 2.36. The zero-order valence-corrected chi connectivity index (χ0v) is 14.6. The summed E-state index contributed by atoms with van der Waals surface area (Å²) in [5, 5.41) is 2.95. The van der Waals surface area contributed by atoms with Crippen LogP contribution < -0.4 is 5.32 Å². The lowest BCUT2D eigenvalue weighted by Crippen LogP contribution is -2.27. The number of halogens is 1. The summed E-state index contributed by atoms with van der Waals surface area (Å²) in [6, 6.07) is 2.11. The fourth-order valence-electron chi connectivity index (χ4n) is 1.92. The Hall–Kier alpha value is -0.850. The van der Waals surface area contributed by atoms with Crippen LogP contribution >= 0.6 is 15.9 Å². The van der Waals surface area contributed by atoms with E-state index in [-0.39, 0.29) is 11.9 Å². The van der Waals surface area contributed by atoms with Crippen molar-refractivity contribution in [2.75, 3.05) is 33.5 Å². The number of rotatable bonds is 10. The Morgan fingerprint density at radius 2 is 2.10 bits per heavy atom. The van der Waals surface area contributed by atoms with Gasteiger partial charge in [0.15, 0.2) is 0 Å². The molecule has 1 heterocycles. The standard InChI is InChI=1S/C15H25BrN2O3/c1-12(2)18-11-13(16)10-14(18)15(19)17-6-4-5-7-21-9-8-20-3/h10-12H,4-9H2,1-3H3,(H,17,19). The Morgan fingerprint density at radius 3 is 2.76 bits per heavy atom. The highest BCUT2D eigenvalue weighted by Gasteiger charge is 2.14. The van der Waals surface area contributed by atoms with E-state index in [4.69, 9.17) is 9.47 Å². The van der Waals surface area contributed by atoms with Crippen LogP contribution in [0.2, 0.25) is 0 Å². The minimum atomic E-state index is -0.0327. The molecule has 0 bridgehead atoms. The Labute approximate surface area is 135 Å². The van der Waals surface area contributed by atoms with Crippen molar-refractivity contribution >= 4 is 21.8 Å². The Bertz CT molecular complexity index is 433. The molecule has 0 radical (unpaired) electrons. The van der Waals surface area contributed by atoms with Crippen LogP contribution in [0, 0.1) is 0 Å². The molecule has 0 atom stereocenters. The van der Waals surface area contributed by atoms with Gasteiger partial charge in [-0.1, -0.05) is 0 Å². The number of carbonyl (C=O) groups excluding carboxylic acids is 1. The van der Waals surface area contributed by atoms with Crippen molar-refractivity contribution in [3.8, 4) is 0 Å². The zero-order valence-electron chi connectivity index (χ0n) is 13.0. The van der Waals surface area contributed by atoms with Gasteiger partial charge in [-0.15, -0.1) is 0 Å². The third-order valence-corrected chi connectivity index (χ3v) is 3.47. The van der Waals surface area contributed by atoms with Crippen LogP contribution in [0.25, 0.3) is 0 Å². The van der Waals surface area contributed by atoms with Crippen molar-refractivity contribution in [1.29, 1.82) is 0 Å². The van der Waals surface area contributed by atoms with E-state index in [2.05, 4.69) is 35.1 Å². The van der Waals surface area contributed by atoms with E-state index in [1.165, 1.54) is 0 Å². The fraction of sp³-hybridized carbons (Fsp3) is 0.667. The van der Waals surface area contributed by atoms with Crippen LogP contribution in [0.1, 0.15) is 43.2 Å². The molecule has 0 fully saturated rings. The van der Waals surface area contributed by atoms with E-state index in [1.54, 1.807) is 7.11 Å². The lowest BCUT2D eigenvalue weighted by Gasteiger charge is -2.12. The van der Waals surface area contributed by atoms with Gasteiger partial charge in [-0.25, -0.2) is 0 Å². The summed E-state index contributed by atoms with van der Waals surface area (Å²) < 4.78 is 13.2. The molecule has 1 amide bonds. The SMILES string of the molecule is COCCOCCCCNC(=O)c1cc(Br)cn1C(C)C. The van der Waals surface area contributed by atoms with Crippen molar-refractivity contribution < 1.29 is 14.3 Å². The number of aromatic nitrogens is 1. The highest BCUT2D eigenvalue weighted by Crippen LogP contribution is 2.19. The van der Waals surface area contributed by atoms with E-state index >= 15 is 0 Å². The molecule has 120 valence electrons. The lowest BCUT2D eigenvalue weighted by atomic mass is 10.3. The number of methoxy groups -OCH3 is 1. The van der Waals surface area contributed by atoms with Gasteiger partial charge in [0.05, 0.1) is 13.2 Å². The molecule has 6 heteroatoms. The molecule has 1 rings (SSSR count). The molecule has 0 aliphatic rings. The second kappa shape index (κ2) is 9.97. The molecule has 5 nitrogen and oxygen atoms in total. The van der Waals surface area contributed by atoms with E-state index in [1.807, 2.05) is 16.8 Å². The Morgan fingerprint density at radius 1 is 1.33 bits per heavy atom. The number of ether oxygens (including phenoxy) is 2. The van der Waals surface area contributed by atoms with Crippen molar-refractivity contribution in [3.63, 3.8) is 0 Å². The molecule has 0 aromatic carbocycles.